The van der Waals surface area contributed by atoms with Gasteiger partial charge in [-0.15, -0.1) is 0 Å². The fourth-order valence-electron chi connectivity index (χ4n) is 1.26. The summed E-state index contributed by atoms with van der Waals surface area (Å²) < 4.78 is 10.3. The molecular weight excluding hydrogens is 226 g/mol. The third-order valence-electron chi connectivity index (χ3n) is 2.13. The fourth-order valence-corrected chi connectivity index (χ4v) is 1.75. The lowest BCUT2D eigenvalue weighted by molar-refractivity contribution is 0.352. The van der Waals surface area contributed by atoms with Crippen LogP contribution in [0.15, 0.2) is 27.3 Å². The third kappa shape index (κ3) is 2.45. The molecule has 2 aromatic rings. The Morgan fingerprint density at radius 2 is 2.44 bits per heavy atom. The fraction of sp³-hybridized carbons (Fsp3) is 0.400. The monoisotopic (exact) mass is 239 g/mol. The summed E-state index contributed by atoms with van der Waals surface area (Å²) in [6.07, 6.45) is 4.43. The van der Waals surface area contributed by atoms with E-state index in [2.05, 4.69) is 10.1 Å². The molecule has 0 aliphatic carbocycles. The van der Waals surface area contributed by atoms with Crippen LogP contribution < -0.4 is 5.73 Å². The molecule has 2 heterocycles. The first-order valence-corrected chi connectivity index (χ1v) is 6.32. The van der Waals surface area contributed by atoms with Gasteiger partial charge in [-0.3, -0.25) is 0 Å². The first-order chi connectivity index (χ1) is 7.81. The van der Waals surface area contributed by atoms with Crippen LogP contribution in [-0.2, 0) is 0 Å². The molecule has 0 saturated carbocycles. The highest BCUT2D eigenvalue weighted by atomic mass is 32.2. The van der Waals surface area contributed by atoms with Gasteiger partial charge >= 0.3 is 0 Å². The minimum Gasteiger partial charge on any atom is -0.461 e. The molecule has 0 spiro atoms. The maximum absolute atomic E-state index is 5.91. The molecule has 0 saturated heterocycles. The molecule has 86 valence electrons. The molecule has 0 aromatic carbocycles. The van der Waals surface area contributed by atoms with Crippen molar-refractivity contribution >= 4 is 11.8 Å². The normalized spacial score (nSPS) is 12.9. The highest BCUT2D eigenvalue weighted by molar-refractivity contribution is 7.98. The van der Waals surface area contributed by atoms with Crippen molar-refractivity contribution < 1.29 is 8.94 Å². The van der Waals surface area contributed by atoms with E-state index in [0.29, 0.717) is 17.5 Å². The van der Waals surface area contributed by atoms with Crippen molar-refractivity contribution in [3.8, 4) is 11.6 Å². The van der Waals surface area contributed by atoms with Crippen molar-refractivity contribution in [3.63, 3.8) is 0 Å². The van der Waals surface area contributed by atoms with Crippen LogP contribution in [0.5, 0.6) is 0 Å². The lowest BCUT2D eigenvalue weighted by atomic mass is 10.2. The SMILES string of the molecule is CSCCC(N)c1nc(-c2ccco2)no1. The van der Waals surface area contributed by atoms with Crippen LogP contribution in [-0.4, -0.2) is 22.1 Å². The van der Waals surface area contributed by atoms with E-state index in [4.69, 9.17) is 14.7 Å². The van der Waals surface area contributed by atoms with Crippen LogP contribution >= 0.6 is 11.8 Å². The van der Waals surface area contributed by atoms with Crippen molar-refractivity contribution in [1.29, 1.82) is 0 Å². The summed E-state index contributed by atoms with van der Waals surface area (Å²) in [6.45, 7) is 0. The topological polar surface area (TPSA) is 78.1 Å². The van der Waals surface area contributed by atoms with Crippen molar-refractivity contribution in [2.75, 3.05) is 12.0 Å². The first kappa shape index (κ1) is 11.2. The van der Waals surface area contributed by atoms with Crippen LogP contribution in [0.1, 0.15) is 18.4 Å². The Hall–Kier alpha value is -1.27. The van der Waals surface area contributed by atoms with Gasteiger partial charge in [0.1, 0.15) is 0 Å². The summed E-state index contributed by atoms with van der Waals surface area (Å²) in [7, 11) is 0. The Labute approximate surface area is 97.4 Å². The van der Waals surface area contributed by atoms with Crippen LogP contribution in [0.2, 0.25) is 0 Å². The van der Waals surface area contributed by atoms with Gasteiger partial charge in [0.05, 0.1) is 12.3 Å². The molecule has 1 unspecified atom stereocenters. The molecule has 0 fully saturated rings. The zero-order chi connectivity index (χ0) is 11.4. The number of thioether (sulfide) groups is 1. The molecule has 0 aliphatic heterocycles. The first-order valence-electron chi connectivity index (χ1n) is 4.93. The van der Waals surface area contributed by atoms with E-state index < -0.39 is 0 Å². The molecule has 1 atom stereocenters. The number of aromatic nitrogens is 2. The Balaban J connectivity index is 2.07. The molecule has 5 nitrogen and oxygen atoms in total. The van der Waals surface area contributed by atoms with E-state index in [9.17, 15) is 0 Å². The van der Waals surface area contributed by atoms with E-state index in [0.717, 1.165) is 12.2 Å². The van der Waals surface area contributed by atoms with E-state index >= 15 is 0 Å². The van der Waals surface area contributed by atoms with Crippen LogP contribution in [0.3, 0.4) is 0 Å². The average molecular weight is 239 g/mol. The van der Waals surface area contributed by atoms with Crippen molar-refractivity contribution in [3.05, 3.63) is 24.3 Å². The number of nitrogens with two attached hydrogens (primary N) is 1. The average Bonchev–Trinajstić information content (AvgIpc) is 2.94. The largest absolute Gasteiger partial charge is 0.461 e. The number of furan rings is 1. The Bertz CT molecular complexity index is 427. The quantitative estimate of drug-likeness (QED) is 0.860. The maximum Gasteiger partial charge on any atom is 0.244 e. The van der Waals surface area contributed by atoms with Crippen molar-refractivity contribution in [2.24, 2.45) is 5.73 Å². The predicted molar refractivity (Wildman–Crippen MR) is 61.9 cm³/mol. The van der Waals surface area contributed by atoms with Gasteiger partial charge in [0.15, 0.2) is 5.76 Å². The lowest BCUT2D eigenvalue weighted by Crippen LogP contribution is -2.11. The second-order valence-corrected chi connectivity index (χ2v) is 4.31. The summed E-state index contributed by atoms with van der Waals surface area (Å²) in [5.74, 6) is 2.46. The molecule has 0 amide bonds. The third-order valence-corrected chi connectivity index (χ3v) is 2.78. The second-order valence-electron chi connectivity index (χ2n) is 3.32. The zero-order valence-corrected chi connectivity index (χ0v) is 9.74. The van der Waals surface area contributed by atoms with Gasteiger partial charge in [-0.25, -0.2) is 0 Å². The summed E-state index contributed by atoms with van der Waals surface area (Å²) in [5.41, 5.74) is 5.91. The van der Waals surface area contributed by atoms with Gasteiger partial charge in [0.2, 0.25) is 11.7 Å². The summed E-state index contributed by atoms with van der Waals surface area (Å²) in [5, 5.41) is 3.82. The zero-order valence-electron chi connectivity index (χ0n) is 8.92. The van der Waals surface area contributed by atoms with Gasteiger partial charge in [-0.05, 0) is 30.6 Å². The maximum atomic E-state index is 5.91. The molecule has 0 radical (unpaired) electrons. The van der Waals surface area contributed by atoms with Crippen molar-refractivity contribution in [2.45, 2.75) is 12.5 Å². The molecule has 2 rings (SSSR count). The smallest absolute Gasteiger partial charge is 0.244 e. The minimum absolute atomic E-state index is 0.205. The molecule has 2 N–H and O–H groups in total. The van der Waals surface area contributed by atoms with Gasteiger partial charge in [-0.1, -0.05) is 5.16 Å². The predicted octanol–water partition coefficient (Wildman–Crippen LogP) is 2.08. The number of hydrogen-bond donors (Lipinski definition) is 1. The van der Waals surface area contributed by atoms with Gasteiger partial charge in [0, 0.05) is 0 Å². The Morgan fingerprint density at radius 3 is 3.12 bits per heavy atom. The number of rotatable bonds is 5. The van der Waals surface area contributed by atoms with E-state index in [1.807, 2.05) is 6.26 Å². The van der Waals surface area contributed by atoms with E-state index in [1.165, 1.54) is 0 Å². The lowest BCUT2D eigenvalue weighted by Gasteiger charge is -2.03. The molecular formula is C10H13N3O2S. The number of hydrogen-bond acceptors (Lipinski definition) is 6. The van der Waals surface area contributed by atoms with Gasteiger partial charge in [-0.2, -0.15) is 16.7 Å². The van der Waals surface area contributed by atoms with Gasteiger partial charge < -0.3 is 14.7 Å². The highest BCUT2D eigenvalue weighted by Crippen LogP contribution is 2.20. The van der Waals surface area contributed by atoms with E-state index in [-0.39, 0.29) is 6.04 Å². The standard InChI is InChI=1S/C10H13N3O2S/c1-16-6-4-7(11)10-12-9(13-15-10)8-3-2-5-14-8/h2-3,5,7H,4,6,11H2,1H3. The molecule has 2 aromatic heterocycles. The van der Waals surface area contributed by atoms with Crippen LogP contribution in [0.25, 0.3) is 11.6 Å². The summed E-state index contributed by atoms with van der Waals surface area (Å²) >= 11 is 1.74. The van der Waals surface area contributed by atoms with Crippen LogP contribution in [0, 0.1) is 0 Å². The molecule has 0 aliphatic rings. The molecule has 0 bridgehead atoms. The Morgan fingerprint density at radius 1 is 1.56 bits per heavy atom. The minimum atomic E-state index is -0.205. The number of nitrogens with zero attached hydrogens (tertiary/aromatic N) is 2. The summed E-state index contributed by atoms with van der Waals surface area (Å²) in [4.78, 5) is 4.20. The molecule has 16 heavy (non-hydrogen) atoms. The van der Waals surface area contributed by atoms with E-state index in [1.54, 1.807) is 30.2 Å². The summed E-state index contributed by atoms with van der Waals surface area (Å²) in [6, 6.07) is 3.35. The molecule has 6 heteroatoms. The van der Waals surface area contributed by atoms with Gasteiger partial charge in [0.25, 0.3) is 0 Å². The Kier molecular flexibility index (Phi) is 3.63. The van der Waals surface area contributed by atoms with Crippen molar-refractivity contribution in [1.82, 2.24) is 10.1 Å². The second kappa shape index (κ2) is 5.18. The highest BCUT2D eigenvalue weighted by Gasteiger charge is 2.16. The van der Waals surface area contributed by atoms with Crippen LogP contribution in [0.4, 0.5) is 0 Å².